The summed E-state index contributed by atoms with van der Waals surface area (Å²) >= 11 is 1.49. The van der Waals surface area contributed by atoms with Crippen molar-refractivity contribution in [2.24, 2.45) is 11.3 Å². The van der Waals surface area contributed by atoms with Gasteiger partial charge in [0.25, 0.3) is 0 Å². The van der Waals surface area contributed by atoms with E-state index in [-0.39, 0.29) is 17.1 Å². The van der Waals surface area contributed by atoms with Gasteiger partial charge in [-0.1, -0.05) is 32.9 Å². The summed E-state index contributed by atoms with van der Waals surface area (Å²) in [5.74, 6) is 0.735. The number of Topliss-reactive ketones (excluding diaryl/α,β-unsaturated/α-hetero) is 1. The summed E-state index contributed by atoms with van der Waals surface area (Å²) in [5, 5.41) is 1.06. The predicted octanol–water partition coefficient (Wildman–Crippen LogP) is 6.13. The van der Waals surface area contributed by atoms with Crippen LogP contribution in [0.4, 0.5) is 5.69 Å². The van der Waals surface area contributed by atoms with Crippen LogP contribution in [0.15, 0.2) is 36.4 Å². The maximum atomic E-state index is 13.5. The van der Waals surface area contributed by atoms with Crippen molar-refractivity contribution in [1.82, 2.24) is 9.88 Å². The monoisotopic (exact) mass is 541 g/mol. The van der Waals surface area contributed by atoms with E-state index in [1.807, 2.05) is 38.4 Å². The summed E-state index contributed by atoms with van der Waals surface area (Å²) in [5.41, 5.74) is 4.28. The lowest BCUT2D eigenvalue weighted by atomic mass is 9.71. The van der Waals surface area contributed by atoms with Gasteiger partial charge in [0.15, 0.2) is 5.78 Å². The average molecular weight is 542 g/mol. The third kappa shape index (κ3) is 7.18. The number of fused-ring (bicyclic) bond motifs is 2. The Labute approximate surface area is 225 Å². The fourth-order valence-corrected chi connectivity index (χ4v) is 6.73. The molecule has 2 heterocycles. The Hall–Kier alpha value is -2.29. The molecule has 200 valence electrons. The van der Waals surface area contributed by atoms with Gasteiger partial charge >= 0.3 is 0 Å². The van der Waals surface area contributed by atoms with E-state index < -0.39 is 10.0 Å². The molecule has 3 aromatic rings. The topological polar surface area (TPSA) is 79.4 Å². The van der Waals surface area contributed by atoms with Crippen LogP contribution >= 0.6 is 11.3 Å². The Morgan fingerprint density at radius 1 is 1.22 bits per heavy atom. The highest BCUT2D eigenvalue weighted by atomic mass is 32.2. The van der Waals surface area contributed by atoms with Crippen LogP contribution in [0.1, 0.15) is 72.4 Å². The highest BCUT2D eigenvalue weighted by Gasteiger charge is 2.30. The smallest absolute Gasteiger partial charge is 0.229 e. The standard InChI is InChI=1S/C29H39N3O3S2/c1-29(2,3)23-10-11-25-21(15-23)14-22-18-27(36-28(22)30-25)26(33)17-20(12-13-32(4)5)19-8-7-9-24(16-19)31-37(6,34)35/h7-9,14,16,18,20,23,31H,10-13,15,17H2,1-6H3/t20-,23-/m0/s1. The Kier molecular flexibility index (Phi) is 8.12. The maximum absolute atomic E-state index is 13.5. The van der Waals surface area contributed by atoms with Crippen molar-refractivity contribution in [3.8, 4) is 0 Å². The average Bonchev–Trinajstić information content (AvgIpc) is 3.21. The van der Waals surface area contributed by atoms with E-state index in [1.54, 1.807) is 6.07 Å². The Bertz CT molecular complexity index is 1390. The van der Waals surface area contributed by atoms with E-state index in [1.165, 1.54) is 22.6 Å². The first-order valence-electron chi connectivity index (χ1n) is 13.0. The molecular weight excluding hydrogens is 502 g/mol. The minimum absolute atomic E-state index is 0.0184. The summed E-state index contributed by atoms with van der Waals surface area (Å²) in [4.78, 5) is 22.3. The van der Waals surface area contributed by atoms with Crippen LogP contribution in [0.2, 0.25) is 0 Å². The second kappa shape index (κ2) is 10.8. The molecule has 1 N–H and O–H groups in total. The van der Waals surface area contributed by atoms with E-state index >= 15 is 0 Å². The van der Waals surface area contributed by atoms with Crippen molar-refractivity contribution in [2.75, 3.05) is 31.6 Å². The molecule has 0 saturated heterocycles. The minimum atomic E-state index is -3.38. The van der Waals surface area contributed by atoms with Gasteiger partial charge in [0, 0.05) is 23.2 Å². The summed E-state index contributed by atoms with van der Waals surface area (Å²) < 4.78 is 26.0. The Balaban J connectivity index is 1.57. The lowest BCUT2D eigenvalue weighted by Gasteiger charge is -2.34. The Morgan fingerprint density at radius 2 is 1.97 bits per heavy atom. The van der Waals surface area contributed by atoms with Crippen LogP contribution in [-0.2, 0) is 22.9 Å². The van der Waals surface area contributed by atoms with Crippen LogP contribution in [-0.4, -0.2) is 51.0 Å². The number of hydrogen-bond donors (Lipinski definition) is 1. The Morgan fingerprint density at radius 3 is 2.65 bits per heavy atom. The van der Waals surface area contributed by atoms with Crippen molar-refractivity contribution in [1.29, 1.82) is 0 Å². The number of pyridine rings is 1. The van der Waals surface area contributed by atoms with Gasteiger partial charge < -0.3 is 4.90 Å². The molecule has 8 heteroatoms. The highest BCUT2D eigenvalue weighted by molar-refractivity contribution is 7.92. The molecule has 2 atom stereocenters. The summed E-state index contributed by atoms with van der Waals surface area (Å²) in [6.45, 7) is 7.78. The van der Waals surface area contributed by atoms with Crippen molar-refractivity contribution in [2.45, 2.75) is 58.8 Å². The molecule has 0 spiro atoms. The number of thiophene rings is 1. The lowest BCUT2D eigenvalue weighted by molar-refractivity contribution is 0.0975. The van der Waals surface area contributed by atoms with Crippen LogP contribution in [0.25, 0.3) is 10.2 Å². The van der Waals surface area contributed by atoms with Gasteiger partial charge in [0.05, 0.1) is 11.1 Å². The van der Waals surface area contributed by atoms with Crippen molar-refractivity contribution >= 4 is 43.0 Å². The second-order valence-electron chi connectivity index (χ2n) is 11.8. The minimum Gasteiger partial charge on any atom is -0.309 e. The van der Waals surface area contributed by atoms with Crippen LogP contribution in [0.3, 0.4) is 0 Å². The van der Waals surface area contributed by atoms with Gasteiger partial charge in [0.2, 0.25) is 10.0 Å². The molecule has 0 bridgehead atoms. The van der Waals surface area contributed by atoms with E-state index in [4.69, 9.17) is 4.98 Å². The van der Waals surface area contributed by atoms with Crippen molar-refractivity contribution in [3.05, 3.63) is 58.1 Å². The van der Waals surface area contributed by atoms with Gasteiger partial charge in [0.1, 0.15) is 4.83 Å². The van der Waals surface area contributed by atoms with Crippen molar-refractivity contribution < 1.29 is 13.2 Å². The molecule has 6 nitrogen and oxygen atoms in total. The number of benzene rings is 1. The molecule has 0 unspecified atom stereocenters. The fourth-order valence-electron chi connectivity index (χ4n) is 5.20. The molecular formula is C29H39N3O3S2. The van der Waals surface area contributed by atoms with Crippen molar-refractivity contribution in [3.63, 3.8) is 0 Å². The number of hydrogen-bond acceptors (Lipinski definition) is 6. The quantitative estimate of drug-likeness (QED) is 0.330. The van der Waals surface area contributed by atoms with Gasteiger partial charge in [-0.25, -0.2) is 13.4 Å². The number of nitrogens with one attached hydrogen (secondary N) is 1. The number of nitrogens with zero attached hydrogens (tertiary/aromatic N) is 2. The van der Waals surface area contributed by atoms with E-state index in [9.17, 15) is 13.2 Å². The molecule has 1 aromatic carbocycles. The van der Waals surface area contributed by atoms with Crippen LogP contribution < -0.4 is 4.72 Å². The van der Waals surface area contributed by atoms with Gasteiger partial charge in [-0.3, -0.25) is 9.52 Å². The number of carbonyl (C=O) groups is 1. The largest absolute Gasteiger partial charge is 0.309 e. The van der Waals surface area contributed by atoms with Gasteiger partial charge in [-0.15, -0.1) is 11.3 Å². The first-order valence-corrected chi connectivity index (χ1v) is 15.7. The third-order valence-corrected chi connectivity index (χ3v) is 9.08. The molecule has 2 aromatic heterocycles. The molecule has 0 aliphatic heterocycles. The molecule has 0 radical (unpaired) electrons. The summed E-state index contributed by atoms with van der Waals surface area (Å²) in [6.07, 6.45) is 5.52. The van der Waals surface area contributed by atoms with Gasteiger partial charge in [-0.2, -0.15) is 0 Å². The molecule has 1 aliphatic rings. The first kappa shape index (κ1) is 27.7. The lowest BCUT2D eigenvalue weighted by Crippen LogP contribution is -2.27. The first-order chi connectivity index (χ1) is 17.3. The molecule has 0 amide bonds. The second-order valence-corrected chi connectivity index (χ2v) is 14.6. The predicted molar refractivity (Wildman–Crippen MR) is 154 cm³/mol. The molecule has 0 saturated carbocycles. The highest BCUT2D eigenvalue weighted by Crippen LogP contribution is 2.39. The number of anilines is 1. The molecule has 37 heavy (non-hydrogen) atoms. The number of rotatable bonds is 9. The number of carbonyl (C=O) groups excluding carboxylic acids is 1. The van der Waals surface area contributed by atoms with E-state index in [2.05, 4.69) is 36.5 Å². The summed E-state index contributed by atoms with van der Waals surface area (Å²) in [6, 6.07) is 11.7. The number of sulfonamides is 1. The molecule has 0 fully saturated rings. The molecule has 1 aliphatic carbocycles. The van der Waals surface area contributed by atoms with Crippen LogP contribution in [0, 0.1) is 11.3 Å². The summed E-state index contributed by atoms with van der Waals surface area (Å²) in [7, 11) is 0.660. The molecule has 4 rings (SSSR count). The number of aromatic nitrogens is 1. The number of ketones is 1. The van der Waals surface area contributed by atoms with Crippen LogP contribution in [0.5, 0.6) is 0 Å². The van der Waals surface area contributed by atoms with E-state index in [0.29, 0.717) is 18.0 Å². The maximum Gasteiger partial charge on any atom is 0.229 e. The SMILES string of the molecule is CN(C)CC[C@@H](CC(=O)c1cc2cc3c(nc2s1)CC[C@H](C(C)(C)C)C3)c1cccc(NS(C)(=O)=O)c1. The zero-order chi connectivity index (χ0) is 27.0. The fraction of sp³-hybridized carbons (Fsp3) is 0.517. The number of aryl methyl sites for hydroxylation is 1. The zero-order valence-corrected chi connectivity index (χ0v) is 24.4. The third-order valence-electron chi connectivity index (χ3n) is 7.39. The zero-order valence-electron chi connectivity index (χ0n) is 22.8. The van der Waals surface area contributed by atoms with Gasteiger partial charge in [-0.05, 0) is 99.0 Å². The normalized spacial score (nSPS) is 17.1. The van der Waals surface area contributed by atoms with E-state index in [0.717, 1.165) is 59.1 Å².